The molecule has 0 fully saturated rings. The lowest BCUT2D eigenvalue weighted by Gasteiger charge is -2.05. The van der Waals surface area contributed by atoms with E-state index in [2.05, 4.69) is 17.2 Å². The summed E-state index contributed by atoms with van der Waals surface area (Å²) in [4.78, 5) is 11.6. The Balaban J connectivity index is 1.85. The monoisotopic (exact) mass is 345 g/mol. The Morgan fingerprint density at radius 2 is 1.65 bits per heavy atom. The molecule has 0 spiro atoms. The molecule has 0 atom stereocenters. The smallest absolute Gasteiger partial charge is 0.219 e. The molecule has 0 amide bonds. The van der Waals surface area contributed by atoms with Crippen molar-refractivity contribution in [2.45, 2.75) is 20.4 Å². The zero-order valence-corrected chi connectivity index (χ0v) is 15.1. The van der Waals surface area contributed by atoms with Crippen LogP contribution in [0.15, 0.2) is 78.1 Å². The fraction of sp³-hybridized carbons (Fsp3) is 0.174. The summed E-state index contributed by atoms with van der Waals surface area (Å²) in [6.07, 6.45) is 2.84. The van der Waals surface area contributed by atoms with Crippen molar-refractivity contribution in [1.29, 1.82) is 0 Å². The number of benzene rings is 2. The molecule has 2 aromatic rings. The molecule has 26 heavy (non-hydrogen) atoms. The van der Waals surface area contributed by atoms with E-state index in [9.17, 15) is 9.90 Å². The second-order valence-corrected chi connectivity index (χ2v) is 5.95. The van der Waals surface area contributed by atoms with Crippen LogP contribution in [0, 0.1) is 11.8 Å². The maximum absolute atomic E-state index is 11.6. The lowest BCUT2D eigenvalue weighted by Crippen LogP contribution is -2.16. The molecule has 0 radical (unpaired) electrons. The van der Waals surface area contributed by atoms with Crippen LogP contribution < -0.4 is 5.32 Å². The highest BCUT2D eigenvalue weighted by Gasteiger charge is 2.03. The van der Waals surface area contributed by atoms with Crippen molar-refractivity contribution in [3.8, 4) is 11.8 Å². The molecule has 0 saturated carbocycles. The highest BCUT2D eigenvalue weighted by atomic mass is 16.3. The molecular weight excluding hydrogens is 322 g/mol. The van der Waals surface area contributed by atoms with Crippen molar-refractivity contribution < 1.29 is 9.90 Å². The first-order valence-corrected chi connectivity index (χ1v) is 8.52. The minimum atomic E-state index is -0.367. The number of aliphatic hydroxyl groups excluding tert-OH is 1. The van der Waals surface area contributed by atoms with Crippen LogP contribution in [-0.4, -0.2) is 17.4 Å². The van der Waals surface area contributed by atoms with Gasteiger partial charge < -0.3 is 10.4 Å². The molecule has 3 heteroatoms. The van der Waals surface area contributed by atoms with Crippen molar-refractivity contribution in [3.63, 3.8) is 0 Å². The summed E-state index contributed by atoms with van der Waals surface area (Å²) in [5, 5.41) is 12.6. The van der Waals surface area contributed by atoms with Gasteiger partial charge in [-0.25, -0.2) is 0 Å². The number of rotatable bonds is 6. The number of hydrogen-bond donors (Lipinski definition) is 2. The number of ketones is 1. The predicted molar refractivity (Wildman–Crippen MR) is 106 cm³/mol. The lowest BCUT2D eigenvalue weighted by molar-refractivity contribution is -0.113. The van der Waals surface area contributed by atoms with Crippen LogP contribution in [-0.2, 0) is 11.3 Å². The van der Waals surface area contributed by atoms with E-state index < -0.39 is 0 Å². The zero-order chi connectivity index (χ0) is 18.8. The second-order valence-electron chi connectivity index (χ2n) is 5.95. The van der Waals surface area contributed by atoms with Crippen LogP contribution in [0.2, 0.25) is 0 Å². The van der Waals surface area contributed by atoms with Crippen LogP contribution in [0.5, 0.6) is 0 Å². The van der Waals surface area contributed by atoms with Crippen molar-refractivity contribution >= 4 is 5.78 Å². The number of carbonyl (C=O) groups excluding carboxylic acids is 1. The first-order chi connectivity index (χ1) is 12.6. The van der Waals surface area contributed by atoms with Gasteiger partial charge in [-0.1, -0.05) is 47.7 Å². The molecule has 0 heterocycles. The first kappa shape index (κ1) is 19.2. The summed E-state index contributed by atoms with van der Waals surface area (Å²) >= 11 is 0. The molecule has 0 unspecified atom stereocenters. The fourth-order valence-corrected chi connectivity index (χ4v) is 2.27. The minimum Gasteiger partial charge on any atom is -0.504 e. The van der Waals surface area contributed by atoms with Gasteiger partial charge in [-0.2, -0.15) is 0 Å². The summed E-state index contributed by atoms with van der Waals surface area (Å²) in [5.41, 5.74) is 3.99. The van der Waals surface area contributed by atoms with E-state index >= 15 is 0 Å². The molecule has 2 rings (SSSR count). The van der Waals surface area contributed by atoms with Gasteiger partial charge in [0.05, 0.1) is 0 Å². The van der Waals surface area contributed by atoms with Gasteiger partial charge in [-0.05, 0) is 55.8 Å². The summed E-state index contributed by atoms with van der Waals surface area (Å²) in [6, 6.07) is 18.0. The summed E-state index contributed by atoms with van der Waals surface area (Å²) in [5.74, 6) is 5.70. The third-order valence-corrected chi connectivity index (χ3v) is 3.72. The van der Waals surface area contributed by atoms with Crippen LogP contribution in [0.4, 0.5) is 0 Å². The van der Waals surface area contributed by atoms with Crippen LogP contribution in [0.25, 0.3) is 0 Å². The molecule has 0 aliphatic heterocycles. The maximum atomic E-state index is 11.6. The van der Waals surface area contributed by atoms with Crippen molar-refractivity contribution in [3.05, 3.63) is 94.8 Å². The molecule has 0 saturated heterocycles. The number of hydrogen-bond acceptors (Lipinski definition) is 3. The Hall–Kier alpha value is -3.09. The number of allylic oxidation sites excluding steroid dienone is 2. The van der Waals surface area contributed by atoms with E-state index in [1.54, 1.807) is 6.92 Å². The molecule has 132 valence electrons. The fourth-order valence-electron chi connectivity index (χ4n) is 2.27. The van der Waals surface area contributed by atoms with Crippen molar-refractivity contribution in [1.82, 2.24) is 5.32 Å². The van der Waals surface area contributed by atoms with Gasteiger partial charge in [0.15, 0.2) is 5.76 Å². The topological polar surface area (TPSA) is 49.3 Å². The summed E-state index contributed by atoms with van der Waals surface area (Å²) < 4.78 is 0. The number of nitrogens with one attached hydrogen (secondary N) is 1. The average molecular weight is 345 g/mol. The predicted octanol–water partition coefficient (Wildman–Crippen LogP) is 4.15. The van der Waals surface area contributed by atoms with E-state index in [1.807, 2.05) is 61.5 Å². The van der Waals surface area contributed by atoms with Gasteiger partial charge in [-0.15, -0.1) is 0 Å². The zero-order valence-electron chi connectivity index (χ0n) is 15.1. The van der Waals surface area contributed by atoms with Crippen LogP contribution in [0.1, 0.15) is 30.5 Å². The maximum Gasteiger partial charge on any atom is 0.219 e. The Morgan fingerprint density at radius 1 is 1.04 bits per heavy atom. The van der Waals surface area contributed by atoms with E-state index in [4.69, 9.17) is 0 Å². The quantitative estimate of drug-likeness (QED) is 0.470. The normalized spacial score (nSPS) is 11.6. The molecular formula is C23H23NO2. The highest BCUT2D eigenvalue weighted by molar-refractivity contribution is 6.02. The van der Waals surface area contributed by atoms with Gasteiger partial charge in [0.1, 0.15) is 0 Å². The van der Waals surface area contributed by atoms with Gasteiger partial charge in [0, 0.05) is 24.2 Å². The third kappa shape index (κ3) is 6.43. The Bertz CT molecular complexity index is 851. The first-order valence-electron chi connectivity index (χ1n) is 8.52. The van der Waals surface area contributed by atoms with E-state index in [0.717, 1.165) is 22.3 Å². The van der Waals surface area contributed by atoms with Crippen molar-refractivity contribution in [2.75, 3.05) is 6.54 Å². The molecule has 2 aromatic carbocycles. The molecule has 0 bridgehead atoms. The third-order valence-electron chi connectivity index (χ3n) is 3.72. The van der Waals surface area contributed by atoms with E-state index in [-0.39, 0.29) is 11.5 Å². The standard InChI is InChI=1S/C23H23NO2/c1-3-22(25)23(26)15-18(2)16-24-17-21-13-11-20(12-14-21)10-9-19-7-5-4-6-8-19/h3-8,11-15,24-25H,16-17H2,1-2H3/b18-15+,22-3+. The highest BCUT2D eigenvalue weighted by Crippen LogP contribution is 2.05. The lowest BCUT2D eigenvalue weighted by atomic mass is 10.1. The largest absolute Gasteiger partial charge is 0.504 e. The SMILES string of the molecule is C/C=C(/O)C(=O)/C=C(\C)CNCc1ccc(C#Cc2ccccc2)cc1. The Kier molecular flexibility index (Phi) is 7.42. The second kappa shape index (κ2) is 10.0. The van der Waals surface area contributed by atoms with Gasteiger partial charge in [-0.3, -0.25) is 4.79 Å². The Labute approximate surface area is 155 Å². The molecule has 2 N–H and O–H groups in total. The number of aliphatic hydroxyl groups is 1. The van der Waals surface area contributed by atoms with Gasteiger partial charge >= 0.3 is 0 Å². The summed E-state index contributed by atoms with van der Waals surface area (Å²) in [6.45, 7) is 4.76. The summed E-state index contributed by atoms with van der Waals surface area (Å²) in [7, 11) is 0. The molecule has 0 aliphatic carbocycles. The van der Waals surface area contributed by atoms with Gasteiger partial charge in [0.2, 0.25) is 5.78 Å². The van der Waals surface area contributed by atoms with E-state index in [1.165, 1.54) is 12.2 Å². The number of carbonyl (C=O) groups is 1. The van der Waals surface area contributed by atoms with Crippen LogP contribution >= 0.6 is 0 Å². The average Bonchev–Trinajstić information content (AvgIpc) is 2.67. The van der Waals surface area contributed by atoms with Crippen LogP contribution in [0.3, 0.4) is 0 Å². The van der Waals surface area contributed by atoms with E-state index in [0.29, 0.717) is 13.1 Å². The molecule has 0 aromatic heterocycles. The molecule has 3 nitrogen and oxygen atoms in total. The van der Waals surface area contributed by atoms with Crippen molar-refractivity contribution in [2.24, 2.45) is 0 Å². The Morgan fingerprint density at radius 3 is 2.27 bits per heavy atom. The minimum absolute atomic E-state index is 0.225. The van der Waals surface area contributed by atoms with Gasteiger partial charge in [0.25, 0.3) is 0 Å². The molecule has 0 aliphatic rings.